The van der Waals surface area contributed by atoms with Crippen LogP contribution in [0.5, 0.6) is 0 Å². The Hall–Kier alpha value is -1.46. The number of carbonyl (C=O) groups is 1. The fourth-order valence-electron chi connectivity index (χ4n) is 2.43. The minimum absolute atomic E-state index is 0.103. The lowest BCUT2D eigenvalue weighted by Gasteiger charge is -2.39. The molecule has 0 spiro atoms. The molecule has 1 aliphatic carbocycles. The van der Waals surface area contributed by atoms with Crippen molar-refractivity contribution < 1.29 is 13.9 Å². The van der Waals surface area contributed by atoms with Crippen LogP contribution in [0.25, 0.3) is 0 Å². The van der Waals surface area contributed by atoms with Crippen molar-refractivity contribution in [1.82, 2.24) is 5.32 Å². The fourth-order valence-corrected chi connectivity index (χ4v) is 2.43. The Morgan fingerprint density at radius 1 is 1.50 bits per heavy atom. The molecule has 0 aliphatic heterocycles. The Morgan fingerprint density at radius 3 is 2.75 bits per heavy atom. The number of halogens is 1. The van der Waals surface area contributed by atoms with Crippen LogP contribution in [0.3, 0.4) is 0 Å². The number of hydrogen-bond acceptors (Lipinski definition) is 3. The van der Waals surface area contributed by atoms with Crippen LogP contribution < -0.4 is 11.1 Å². The standard InChI is InChI=1S/C15H21FN2O2/c1-20-15(5-2-6-15)8-14(19)18-10-12-4-3-11(9-17)7-13(12)16/h3-4,7H,2,5-6,8-10,17H2,1H3,(H,18,19). The zero-order valence-electron chi connectivity index (χ0n) is 11.7. The van der Waals surface area contributed by atoms with E-state index in [0.29, 0.717) is 18.5 Å². The average molecular weight is 280 g/mol. The van der Waals surface area contributed by atoms with Crippen LogP contribution in [0.1, 0.15) is 36.8 Å². The van der Waals surface area contributed by atoms with Crippen LogP contribution in [-0.2, 0) is 22.6 Å². The van der Waals surface area contributed by atoms with E-state index >= 15 is 0 Å². The molecule has 1 saturated carbocycles. The molecule has 2 rings (SSSR count). The molecule has 1 aromatic rings. The van der Waals surface area contributed by atoms with Crippen molar-refractivity contribution in [1.29, 1.82) is 0 Å². The van der Waals surface area contributed by atoms with Crippen LogP contribution in [0.15, 0.2) is 18.2 Å². The average Bonchev–Trinajstić information content (AvgIpc) is 2.41. The third-order valence-electron chi connectivity index (χ3n) is 4.01. The van der Waals surface area contributed by atoms with E-state index in [9.17, 15) is 9.18 Å². The number of nitrogens with one attached hydrogen (secondary N) is 1. The van der Waals surface area contributed by atoms with Crippen LogP contribution in [0.2, 0.25) is 0 Å². The van der Waals surface area contributed by atoms with E-state index in [1.54, 1.807) is 19.2 Å². The van der Waals surface area contributed by atoms with Gasteiger partial charge in [-0.3, -0.25) is 4.79 Å². The number of amides is 1. The van der Waals surface area contributed by atoms with E-state index in [1.165, 1.54) is 6.07 Å². The van der Waals surface area contributed by atoms with Crippen molar-refractivity contribution >= 4 is 5.91 Å². The molecule has 110 valence electrons. The molecule has 1 aromatic carbocycles. The van der Waals surface area contributed by atoms with Crippen molar-refractivity contribution in [2.75, 3.05) is 7.11 Å². The lowest BCUT2D eigenvalue weighted by Crippen LogP contribution is -2.43. The van der Waals surface area contributed by atoms with Gasteiger partial charge in [0.15, 0.2) is 0 Å². The van der Waals surface area contributed by atoms with E-state index in [1.807, 2.05) is 0 Å². The number of methoxy groups -OCH3 is 1. The molecule has 1 fully saturated rings. The Kier molecular flexibility index (Phi) is 4.73. The first kappa shape index (κ1) is 14.9. The quantitative estimate of drug-likeness (QED) is 0.836. The van der Waals surface area contributed by atoms with Gasteiger partial charge in [-0.2, -0.15) is 0 Å². The number of benzene rings is 1. The Bertz CT molecular complexity index is 481. The summed E-state index contributed by atoms with van der Waals surface area (Å²) >= 11 is 0. The molecule has 0 aromatic heterocycles. The number of rotatable bonds is 6. The second-order valence-electron chi connectivity index (χ2n) is 5.32. The van der Waals surface area contributed by atoms with Crippen LogP contribution >= 0.6 is 0 Å². The molecule has 0 unspecified atom stereocenters. The highest BCUT2D eigenvalue weighted by Gasteiger charge is 2.38. The van der Waals surface area contributed by atoms with Crippen LogP contribution in [-0.4, -0.2) is 18.6 Å². The first-order chi connectivity index (χ1) is 9.58. The monoisotopic (exact) mass is 280 g/mol. The molecule has 0 atom stereocenters. The molecular formula is C15H21FN2O2. The number of ether oxygens (including phenoxy) is 1. The van der Waals surface area contributed by atoms with Crippen molar-refractivity contribution in [3.63, 3.8) is 0 Å². The molecule has 0 bridgehead atoms. The van der Waals surface area contributed by atoms with Gasteiger partial charge in [0.1, 0.15) is 5.82 Å². The maximum Gasteiger partial charge on any atom is 0.223 e. The second-order valence-corrected chi connectivity index (χ2v) is 5.32. The first-order valence-electron chi connectivity index (χ1n) is 6.88. The van der Waals surface area contributed by atoms with Gasteiger partial charge in [-0.05, 0) is 30.9 Å². The van der Waals surface area contributed by atoms with Gasteiger partial charge in [-0.25, -0.2) is 4.39 Å². The zero-order chi connectivity index (χ0) is 14.6. The zero-order valence-corrected chi connectivity index (χ0v) is 11.7. The summed E-state index contributed by atoms with van der Waals surface area (Å²) in [5.74, 6) is -0.438. The normalized spacial score (nSPS) is 16.6. The molecule has 1 aliphatic rings. The lowest BCUT2D eigenvalue weighted by atomic mass is 9.77. The molecule has 0 heterocycles. The van der Waals surface area contributed by atoms with E-state index in [2.05, 4.69) is 5.32 Å². The number of nitrogens with two attached hydrogens (primary N) is 1. The Labute approximate surface area is 118 Å². The lowest BCUT2D eigenvalue weighted by molar-refractivity contribution is -0.134. The molecule has 0 radical (unpaired) electrons. The van der Waals surface area contributed by atoms with Gasteiger partial charge in [0.05, 0.1) is 12.0 Å². The van der Waals surface area contributed by atoms with Gasteiger partial charge in [-0.1, -0.05) is 12.1 Å². The predicted molar refractivity (Wildman–Crippen MR) is 74.3 cm³/mol. The summed E-state index contributed by atoms with van der Waals surface area (Å²) < 4.78 is 19.1. The highest BCUT2D eigenvalue weighted by Crippen LogP contribution is 2.37. The van der Waals surface area contributed by atoms with Gasteiger partial charge < -0.3 is 15.8 Å². The SMILES string of the molecule is COC1(CC(=O)NCc2ccc(CN)cc2F)CCC1. The predicted octanol–water partition coefficient (Wildman–Crippen LogP) is 1.86. The van der Waals surface area contributed by atoms with Crippen molar-refractivity contribution in [3.8, 4) is 0 Å². The summed E-state index contributed by atoms with van der Waals surface area (Å²) in [7, 11) is 1.64. The highest BCUT2D eigenvalue weighted by atomic mass is 19.1. The largest absolute Gasteiger partial charge is 0.378 e. The summed E-state index contributed by atoms with van der Waals surface area (Å²) in [6.45, 7) is 0.495. The summed E-state index contributed by atoms with van der Waals surface area (Å²) in [5.41, 5.74) is 6.36. The van der Waals surface area contributed by atoms with E-state index in [4.69, 9.17) is 10.5 Å². The second kappa shape index (κ2) is 6.33. The summed E-state index contributed by atoms with van der Waals surface area (Å²) in [4.78, 5) is 11.9. The third-order valence-corrected chi connectivity index (χ3v) is 4.01. The molecular weight excluding hydrogens is 259 g/mol. The third kappa shape index (κ3) is 3.35. The molecule has 4 nitrogen and oxygen atoms in total. The van der Waals surface area contributed by atoms with Crippen LogP contribution in [0.4, 0.5) is 4.39 Å². The summed E-state index contributed by atoms with van der Waals surface area (Å²) in [6, 6.07) is 4.84. The Balaban J connectivity index is 1.87. The molecule has 0 saturated heterocycles. The summed E-state index contributed by atoms with van der Waals surface area (Å²) in [5, 5.41) is 2.75. The smallest absolute Gasteiger partial charge is 0.223 e. The number of hydrogen-bond donors (Lipinski definition) is 2. The Morgan fingerprint density at radius 2 is 2.25 bits per heavy atom. The van der Waals surface area contributed by atoms with Crippen molar-refractivity contribution in [2.24, 2.45) is 5.73 Å². The van der Waals surface area contributed by atoms with E-state index in [0.717, 1.165) is 24.8 Å². The maximum atomic E-state index is 13.7. The van der Waals surface area contributed by atoms with Gasteiger partial charge in [0.2, 0.25) is 5.91 Å². The maximum absolute atomic E-state index is 13.7. The molecule has 1 amide bonds. The van der Waals surface area contributed by atoms with Gasteiger partial charge in [0, 0.05) is 25.8 Å². The van der Waals surface area contributed by atoms with Crippen molar-refractivity contribution in [2.45, 2.75) is 44.4 Å². The van der Waals surface area contributed by atoms with Crippen LogP contribution in [0, 0.1) is 5.82 Å². The van der Waals surface area contributed by atoms with Gasteiger partial charge >= 0.3 is 0 Å². The topological polar surface area (TPSA) is 64.3 Å². The highest BCUT2D eigenvalue weighted by molar-refractivity contribution is 5.77. The van der Waals surface area contributed by atoms with Gasteiger partial charge in [-0.15, -0.1) is 0 Å². The first-order valence-corrected chi connectivity index (χ1v) is 6.88. The molecule has 5 heteroatoms. The number of carbonyl (C=O) groups excluding carboxylic acids is 1. The minimum Gasteiger partial charge on any atom is -0.378 e. The summed E-state index contributed by atoms with van der Waals surface area (Å²) in [6.07, 6.45) is 3.26. The van der Waals surface area contributed by atoms with E-state index in [-0.39, 0.29) is 23.9 Å². The van der Waals surface area contributed by atoms with Gasteiger partial charge in [0.25, 0.3) is 0 Å². The fraction of sp³-hybridized carbons (Fsp3) is 0.533. The molecule has 20 heavy (non-hydrogen) atoms. The van der Waals surface area contributed by atoms with E-state index < -0.39 is 0 Å². The molecule has 3 N–H and O–H groups in total. The van der Waals surface area contributed by atoms with Crippen molar-refractivity contribution in [3.05, 3.63) is 35.1 Å². The minimum atomic E-state index is -0.335.